The Balaban J connectivity index is 1.83. The first-order valence-corrected chi connectivity index (χ1v) is 10.4. The fraction of sp³-hybridized carbons (Fsp3) is 0.0769. The highest BCUT2D eigenvalue weighted by Crippen LogP contribution is 2.31. The second kappa shape index (κ2) is 7.87. The van der Waals surface area contributed by atoms with E-state index in [1.54, 1.807) is 17.4 Å². The van der Waals surface area contributed by atoms with Crippen molar-refractivity contribution in [2.24, 2.45) is 0 Å². The number of pyridine rings is 1. The number of benzene rings is 3. The summed E-state index contributed by atoms with van der Waals surface area (Å²) in [4.78, 5) is 36.9. The van der Waals surface area contributed by atoms with Gasteiger partial charge in [-0.1, -0.05) is 48.5 Å². The zero-order chi connectivity index (χ0) is 23.1. The zero-order valence-corrected chi connectivity index (χ0v) is 17.6. The molecular formula is C26H18N2O5. The Kier molecular flexibility index (Phi) is 4.86. The van der Waals surface area contributed by atoms with Crippen molar-refractivity contribution in [1.82, 2.24) is 4.40 Å². The van der Waals surface area contributed by atoms with Gasteiger partial charge in [0.2, 0.25) is 5.78 Å². The molecule has 0 radical (unpaired) electrons. The van der Waals surface area contributed by atoms with Gasteiger partial charge in [0.25, 0.3) is 5.69 Å². The van der Waals surface area contributed by atoms with Crippen molar-refractivity contribution >= 4 is 44.6 Å². The van der Waals surface area contributed by atoms with Crippen LogP contribution in [-0.4, -0.2) is 27.7 Å². The van der Waals surface area contributed by atoms with E-state index >= 15 is 0 Å². The number of carbonyl (C=O) groups is 2. The number of rotatable bonds is 5. The van der Waals surface area contributed by atoms with Crippen LogP contribution >= 0.6 is 0 Å². The van der Waals surface area contributed by atoms with Crippen LogP contribution < -0.4 is 0 Å². The van der Waals surface area contributed by atoms with Crippen molar-refractivity contribution in [3.8, 4) is 0 Å². The minimum Gasteiger partial charge on any atom is -0.462 e. The first kappa shape index (κ1) is 20.4. The highest BCUT2D eigenvalue weighted by atomic mass is 16.6. The predicted octanol–water partition coefficient (Wildman–Crippen LogP) is 5.56. The van der Waals surface area contributed by atoms with E-state index in [0.29, 0.717) is 5.52 Å². The topological polar surface area (TPSA) is 90.9 Å². The van der Waals surface area contributed by atoms with Crippen LogP contribution in [0, 0.1) is 10.1 Å². The van der Waals surface area contributed by atoms with Gasteiger partial charge in [-0.15, -0.1) is 0 Å². The number of hydrogen-bond donors (Lipinski definition) is 0. The molecule has 0 aliphatic carbocycles. The Morgan fingerprint density at radius 1 is 0.909 bits per heavy atom. The molecule has 0 aliphatic rings. The minimum atomic E-state index is -0.543. The molecule has 0 bridgehead atoms. The molecule has 0 spiro atoms. The minimum absolute atomic E-state index is 0.164. The van der Waals surface area contributed by atoms with Gasteiger partial charge in [-0.3, -0.25) is 14.9 Å². The summed E-state index contributed by atoms with van der Waals surface area (Å²) >= 11 is 0. The third-order valence-corrected chi connectivity index (χ3v) is 5.68. The maximum absolute atomic E-state index is 13.5. The number of fused-ring (bicyclic) bond motifs is 5. The molecule has 0 saturated carbocycles. The first-order valence-electron chi connectivity index (χ1n) is 10.4. The van der Waals surface area contributed by atoms with E-state index in [-0.39, 0.29) is 29.1 Å². The van der Waals surface area contributed by atoms with Crippen molar-refractivity contribution in [3.63, 3.8) is 0 Å². The average molecular weight is 438 g/mol. The number of ketones is 1. The maximum atomic E-state index is 13.5. The molecule has 33 heavy (non-hydrogen) atoms. The Morgan fingerprint density at radius 2 is 1.70 bits per heavy atom. The average Bonchev–Trinajstić information content (AvgIpc) is 3.24. The van der Waals surface area contributed by atoms with Crippen molar-refractivity contribution in [1.29, 1.82) is 0 Å². The largest absolute Gasteiger partial charge is 0.462 e. The van der Waals surface area contributed by atoms with E-state index in [1.807, 2.05) is 42.5 Å². The van der Waals surface area contributed by atoms with Gasteiger partial charge in [-0.25, -0.2) is 4.79 Å². The molecule has 7 heteroatoms. The van der Waals surface area contributed by atoms with Crippen LogP contribution in [0.2, 0.25) is 0 Å². The number of esters is 1. The van der Waals surface area contributed by atoms with Crippen LogP contribution in [0.4, 0.5) is 5.69 Å². The lowest BCUT2D eigenvalue weighted by Gasteiger charge is -2.10. The summed E-state index contributed by atoms with van der Waals surface area (Å²) in [5.41, 5.74) is 1.76. The van der Waals surface area contributed by atoms with Crippen LogP contribution in [0.25, 0.3) is 27.2 Å². The lowest BCUT2D eigenvalue weighted by atomic mass is 10.0. The standard InChI is InChI=1S/C26H18N2O5/c1-2-33-26(30)21-15-24(25(29)17-7-5-8-18(14-17)28(31)32)27-22-12-10-16-6-3-4-9-19(16)20(22)11-13-23(21)27/h3-15H,2H2,1H3. The molecule has 0 N–H and O–H groups in total. The third-order valence-electron chi connectivity index (χ3n) is 5.68. The third kappa shape index (κ3) is 3.30. The van der Waals surface area contributed by atoms with Gasteiger partial charge >= 0.3 is 5.97 Å². The van der Waals surface area contributed by atoms with E-state index in [4.69, 9.17) is 4.74 Å². The molecule has 7 nitrogen and oxygen atoms in total. The molecule has 0 saturated heterocycles. The van der Waals surface area contributed by atoms with E-state index in [0.717, 1.165) is 21.7 Å². The molecule has 2 heterocycles. The maximum Gasteiger partial charge on any atom is 0.340 e. The number of carbonyl (C=O) groups excluding carboxylic acids is 2. The molecule has 2 aromatic heterocycles. The van der Waals surface area contributed by atoms with Crippen molar-refractivity contribution < 1.29 is 19.2 Å². The molecular weight excluding hydrogens is 420 g/mol. The van der Waals surface area contributed by atoms with Gasteiger partial charge in [0, 0.05) is 23.1 Å². The van der Waals surface area contributed by atoms with Crippen LogP contribution in [0.5, 0.6) is 0 Å². The van der Waals surface area contributed by atoms with Crippen LogP contribution in [0.1, 0.15) is 33.3 Å². The van der Waals surface area contributed by atoms with Crippen LogP contribution in [-0.2, 0) is 4.74 Å². The van der Waals surface area contributed by atoms with Gasteiger partial charge in [0.15, 0.2) is 0 Å². The molecule has 0 unspecified atom stereocenters. The molecule has 0 atom stereocenters. The summed E-state index contributed by atoms with van der Waals surface area (Å²) in [6.07, 6.45) is 0. The van der Waals surface area contributed by atoms with Gasteiger partial charge in [0.05, 0.1) is 33.8 Å². The molecule has 162 valence electrons. The monoisotopic (exact) mass is 438 g/mol. The summed E-state index contributed by atoms with van der Waals surface area (Å²) in [7, 11) is 0. The summed E-state index contributed by atoms with van der Waals surface area (Å²) in [6, 6.07) is 22.6. The number of hydrogen-bond acceptors (Lipinski definition) is 5. The highest BCUT2D eigenvalue weighted by molar-refractivity contribution is 6.14. The number of nitro benzene ring substituents is 1. The van der Waals surface area contributed by atoms with Crippen LogP contribution in [0.3, 0.4) is 0 Å². The molecule has 0 aliphatic heterocycles. The summed E-state index contributed by atoms with van der Waals surface area (Å²) in [5, 5.41) is 14.2. The molecule has 0 fully saturated rings. The lowest BCUT2D eigenvalue weighted by molar-refractivity contribution is -0.384. The quantitative estimate of drug-likeness (QED) is 0.118. The first-order chi connectivity index (χ1) is 16.0. The second-order valence-electron chi connectivity index (χ2n) is 7.57. The van der Waals surface area contributed by atoms with Gasteiger partial charge < -0.3 is 9.14 Å². The van der Waals surface area contributed by atoms with E-state index in [9.17, 15) is 19.7 Å². The number of ether oxygens (including phenoxy) is 1. The predicted molar refractivity (Wildman–Crippen MR) is 125 cm³/mol. The molecule has 5 rings (SSSR count). The van der Waals surface area contributed by atoms with E-state index in [1.165, 1.54) is 30.3 Å². The second-order valence-corrected chi connectivity index (χ2v) is 7.57. The lowest BCUT2D eigenvalue weighted by Crippen LogP contribution is -2.06. The SMILES string of the molecule is CCOC(=O)c1cc(C(=O)c2cccc([N+](=O)[O-])c2)n2c1ccc1c3ccccc3ccc12. The van der Waals surface area contributed by atoms with Crippen LogP contribution in [0.15, 0.2) is 78.9 Å². The summed E-state index contributed by atoms with van der Waals surface area (Å²) in [5.74, 6) is -0.960. The normalized spacial score (nSPS) is 11.2. The summed E-state index contributed by atoms with van der Waals surface area (Å²) < 4.78 is 6.95. The molecule has 5 aromatic rings. The highest BCUT2D eigenvalue weighted by Gasteiger charge is 2.24. The molecule has 0 amide bonds. The zero-order valence-electron chi connectivity index (χ0n) is 17.6. The van der Waals surface area contributed by atoms with Gasteiger partial charge in [0.1, 0.15) is 0 Å². The van der Waals surface area contributed by atoms with Gasteiger partial charge in [-0.2, -0.15) is 0 Å². The number of nitrogens with zero attached hydrogens (tertiary/aromatic N) is 2. The molecule has 3 aromatic carbocycles. The Morgan fingerprint density at radius 3 is 2.48 bits per heavy atom. The number of non-ortho nitro benzene ring substituents is 1. The number of nitro groups is 1. The van der Waals surface area contributed by atoms with Gasteiger partial charge in [-0.05, 0) is 35.9 Å². The smallest absolute Gasteiger partial charge is 0.340 e. The summed E-state index contributed by atoms with van der Waals surface area (Å²) in [6.45, 7) is 1.91. The Bertz CT molecular complexity index is 1600. The van der Waals surface area contributed by atoms with Crippen molar-refractivity contribution in [2.75, 3.05) is 6.61 Å². The Hall–Kier alpha value is -4.52. The van der Waals surface area contributed by atoms with Crippen molar-refractivity contribution in [3.05, 3.63) is 106 Å². The fourth-order valence-electron chi connectivity index (χ4n) is 4.21. The van der Waals surface area contributed by atoms with E-state index < -0.39 is 16.7 Å². The Labute approximate surface area is 188 Å². The number of aromatic nitrogens is 1. The van der Waals surface area contributed by atoms with Crippen molar-refractivity contribution in [2.45, 2.75) is 6.92 Å². The van der Waals surface area contributed by atoms with E-state index in [2.05, 4.69) is 0 Å². The fourth-order valence-corrected chi connectivity index (χ4v) is 4.21.